The maximum absolute atomic E-state index is 6.00. The molecule has 0 heterocycles. The summed E-state index contributed by atoms with van der Waals surface area (Å²) in [5.41, 5.74) is 2.27. The van der Waals surface area contributed by atoms with Crippen LogP contribution in [0.25, 0.3) is 0 Å². The molecule has 0 unspecified atom stereocenters. The van der Waals surface area contributed by atoms with Crippen LogP contribution in [-0.4, -0.2) is 6.54 Å². The van der Waals surface area contributed by atoms with Gasteiger partial charge in [-0.05, 0) is 42.8 Å². The molecule has 2 rings (SSSR count). The molecular formula is C16H17Cl2NO. The van der Waals surface area contributed by atoms with E-state index >= 15 is 0 Å². The standard InChI is InChI=1S/C16H17Cl2NO/c1-3-19-10-12-5-4-11(2)16(8-12)20-13-6-7-14(17)15(18)9-13/h4-9,19H,3,10H2,1-2H3. The zero-order chi connectivity index (χ0) is 14.5. The van der Waals surface area contributed by atoms with Gasteiger partial charge in [0.2, 0.25) is 0 Å². The van der Waals surface area contributed by atoms with E-state index in [4.69, 9.17) is 27.9 Å². The molecule has 20 heavy (non-hydrogen) atoms. The summed E-state index contributed by atoms with van der Waals surface area (Å²) in [4.78, 5) is 0. The Labute approximate surface area is 129 Å². The van der Waals surface area contributed by atoms with E-state index in [9.17, 15) is 0 Å². The van der Waals surface area contributed by atoms with E-state index in [-0.39, 0.29) is 0 Å². The van der Waals surface area contributed by atoms with E-state index in [1.165, 1.54) is 5.56 Å². The van der Waals surface area contributed by atoms with E-state index in [1.54, 1.807) is 12.1 Å². The Hall–Kier alpha value is -1.22. The van der Waals surface area contributed by atoms with Gasteiger partial charge in [0.25, 0.3) is 0 Å². The van der Waals surface area contributed by atoms with Crippen LogP contribution in [0.4, 0.5) is 0 Å². The van der Waals surface area contributed by atoms with Gasteiger partial charge in [0.15, 0.2) is 0 Å². The van der Waals surface area contributed by atoms with E-state index in [2.05, 4.69) is 24.4 Å². The van der Waals surface area contributed by atoms with Crippen LogP contribution in [0.3, 0.4) is 0 Å². The monoisotopic (exact) mass is 309 g/mol. The number of benzene rings is 2. The summed E-state index contributed by atoms with van der Waals surface area (Å²) in [6, 6.07) is 11.5. The molecule has 4 heteroatoms. The van der Waals surface area contributed by atoms with Gasteiger partial charge in [-0.3, -0.25) is 0 Å². The molecule has 0 aromatic heterocycles. The van der Waals surface area contributed by atoms with E-state index in [0.29, 0.717) is 15.8 Å². The molecule has 1 N–H and O–H groups in total. The molecule has 0 atom stereocenters. The normalized spacial score (nSPS) is 10.6. The van der Waals surface area contributed by atoms with Crippen molar-refractivity contribution in [2.24, 2.45) is 0 Å². The Bertz CT molecular complexity index is 599. The molecule has 2 aromatic carbocycles. The first-order valence-electron chi connectivity index (χ1n) is 6.53. The predicted molar refractivity (Wildman–Crippen MR) is 85.1 cm³/mol. The van der Waals surface area contributed by atoms with Gasteiger partial charge in [0.1, 0.15) is 11.5 Å². The van der Waals surface area contributed by atoms with E-state index < -0.39 is 0 Å². The minimum atomic E-state index is 0.491. The molecule has 0 spiro atoms. The number of rotatable bonds is 5. The minimum absolute atomic E-state index is 0.491. The molecule has 0 bridgehead atoms. The molecule has 0 saturated heterocycles. The van der Waals surface area contributed by atoms with Crippen molar-refractivity contribution in [3.8, 4) is 11.5 Å². The van der Waals surface area contributed by atoms with Crippen LogP contribution < -0.4 is 10.1 Å². The van der Waals surface area contributed by atoms with Gasteiger partial charge in [-0.1, -0.05) is 42.3 Å². The van der Waals surface area contributed by atoms with Crippen molar-refractivity contribution in [2.45, 2.75) is 20.4 Å². The van der Waals surface area contributed by atoms with Gasteiger partial charge in [0, 0.05) is 12.6 Å². The van der Waals surface area contributed by atoms with Crippen molar-refractivity contribution in [1.29, 1.82) is 0 Å². The number of hydrogen-bond donors (Lipinski definition) is 1. The fourth-order valence-corrected chi connectivity index (χ4v) is 2.09. The fraction of sp³-hybridized carbons (Fsp3) is 0.250. The summed E-state index contributed by atoms with van der Waals surface area (Å²) in [5, 5.41) is 4.31. The van der Waals surface area contributed by atoms with Crippen LogP contribution in [0.15, 0.2) is 36.4 Å². The molecule has 0 amide bonds. The van der Waals surface area contributed by atoms with Crippen LogP contribution in [-0.2, 0) is 6.54 Å². The summed E-state index contributed by atoms with van der Waals surface area (Å²) < 4.78 is 5.89. The molecule has 0 aliphatic rings. The molecule has 0 aliphatic carbocycles. The highest BCUT2D eigenvalue weighted by molar-refractivity contribution is 6.42. The van der Waals surface area contributed by atoms with Gasteiger partial charge in [-0.15, -0.1) is 0 Å². The second-order valence-electron chi connectivity index (χ2n) is 4.56. The Morgan fingerprint density at radius 1 is 1.05 bits per heavy atom. The van der Waals surface area contributed by atoms with Crippen molar-refractivity contribution in [1.82, 2.24) is 5.32 Å². The maximum atomic E-state index is 6.00. The molecule has 0 radical (unpaired) electrons. The Morgan fingerprint density at radius 3 is 2.55 bits per heavy atom. The summed E-state index contributed by atoms with van der Waals surface area (Å²) in [6.07, 6.45) is 0. The molecule has 2 nitrogen and oxygen atoms in total. The molecule has 2 aromatic rings. The lowest BCUT2D eigenvalue weighted by molar-refractivity contribution is 0.478. The number of aryl methyl sites for hydroxylation is 1. The average Bonchev–Trinajstić information content (AvgIpc) is 2.44. The zero-order valence-electron chi connectivity index (χ0n) is 11.5. The van der Waals surface area contributed by atoms with Crippen molar-refractivity contribution in [3.63, 3.8) is 0 Å². The first kappa shape index (κ1) is 15.2. The molecule has 0 fully saturated rings. The number of nitrogens with one attached hydrogen (secondary N) is 1. The highest BCUT2D eigenvalue weighted by atomic mass is 35.5. The lowest BCUT2D eigenvalue weighted by atomic mass is 10.1. The predicted octanol–water partition coefficient (Wildman–Crippen LogP) is 5.20. The second-order valence-corrected chi connectivity index (χ2v) is 5.37. The Balaban J connectivity index is 2.20. The van der Waals surface area contributed by atoms with E-state index in [0.717, 1.165) is 24.4 Å². The summed E-state index contributed by atoms with van der Waals surface area (Å²) in [5.74, 6) is 1.52. The summed E-state index contributed by atoms with van der Waals surface area (Å²) in [7, 11) is 0. The largest absolute Gasteiger partial charge is 0.457 e. The minimum Gasteiger partial charge on any atom is -0.457 e. The molecule has 0 aliphatic heterocycles. The van der Waals surface area contributed by atoms with Crippen molar-refractivity contribution in [2.75, 3.05) is 6.54 Å². The summed E-state index contributed by atoms with van der Waals surface area (Å²) >= 11 is 11.9. The van der Waals surface area contributed by atoms with Crippen molar-refractivity contribution < 1.29 is 4.74 Å². The number of hydrogen-bond acceptors (Lipinski definition) is 2. The van der Waals surface area contributed by atoms with Crippen LogP contribution in [0.2, 0.25) is 10.0 Å². The first-order valence-corrected chi connectivity index (χ1v) is 7.29. The number of halogens is 2. The highest BCUT2D eigenvalue weighted by Gasteiger charge is 2.05. The van der Waals surface area contributed by atoms with E-state index in [1.807, 2.05) is 19.1 Å². The molecule has 106 valence electrons. The lowest BCUT2D eigenvalue weighted by Gasteiger charge is -2.11. The number of ether oxygens (including phenoxy) is 1. The van der Waals surface area contributed by atoms with Gasteiger partial charge in [-0.2, -0.15) is 0 Å². The SMILES string of the molecule is CCNCc1ccc(C)c(Oc2ccc(Cl)c(Cl)c2)c1. The molecule has 0 saturated carbocycles. The average molecular weight is 310 g/mol. The quantitative estimate of drug-likeness (QED) is 0.819. The van der Waals surface area contributed by atoms with Gasteiger partial charge in [0.05, 0.1) is 10.0 Å². The zero-order valence-corrected chi connectivity index (χ0v) is 13.1. The maximum Gasteiger partial charge on any atom is 0.130 e. The van der Waals surface area contributed by atoms with Gasteiger partial charge in [-0.25, -0.2) is 0 Å². The van der Waals surface area contributed by atoms with Crippen molar-refractivity contribution in [3.05, 3.63) is 57.6 Å². The van der Waals surface area contributed by atoms with Gasteiger partial charge >= 0.3 is 0 Å². The van der Waals surface area contributed by atoms with Crippen LogP contribution in [0, 0.1) is 6.92 Å². The Kier molecular flexibility index (Phi) is 5.30. The third-order valence-electron chi connectivity index (χ3n) is 2.95. The van der Waals surface area contributed by atoms with Gasteiger partial charge < -0.3 is 10.1 Å². The van der Waals surface area contributed by atoms with Crippen LogP contribution in [0.5, 0.6) is 11.5 Å². The highest BCUT2D eigenvalue weighted by Crippen LogP contribution is 2.31. The second kappa shape index (κ2) is 6.98. The van der Waals surface area contributed by atoms with Crippen LogP contribution >= 0.6 is 23.2 Å². The third-order valence-corrected chi connectivity index (χ3v) is 3.69. The topological polar surface area (TPSA) is 21.3 Å². The van der Waals surface area contributed by atoms with Crippen LogP contribution in [0.1, 0.15) is 18.1 Å². The lowest BCUT2D eigenvalue weighted by Crippen LogP contribution is -2.11. The first-order chi connectivity index (χ1) is 9.60. The fourth-order valence-electron chi connectivity index (χ4n) is 1.80. The molecular weight excluding hydrogens is 293 g/mol. The Morgan fingerprint density at radius 2 is 1.85 bits per heavy atom. The summed E-state index contributed by atoms with van der Waals surface area (Å²) in [6.45, 7) is 5.87. The smallest absolute Gasteiger partial charge is 0.130 e. The van der Waals surface area contributed by atoms with Crippen molar-refractivity contribution >= 4 is 23.2 Å². The third kappa shape index (κ3) is 3.89.